The summed E-state index contributed by atoms with van der Waals surface area (Å²) in [4.78, 5) is 17.3. The number of para-hydroxylation sites is 1. The van der Waals surface area contributed by atoms with E-state index in [0.29, 0.717) is 6.42 Å². The van der Waals surface area contributed by atoms with Crippen molar-refractivity contribution >= 4 is 34.4 Å². The molecule has 1 amide bonds. The zero-order chi connectivity index (χ0) is 14.7. The summed E-state index contributed by atoms with van der Waals surface area (Å²) < 4.78 is 0. The molecule has 0 spiro atoms. The van der Waals surface area contributed by atoms with Gasteiger partial charge < -0.3 is 4.98 Å². The Hall–Kier alpha value is -2.40. The molecule has 2 N–H and O–H groups in total. The highest BCUT2D eigenvalue weighted by Crippen LogP contribution is 2.18. The summed E-state index contributed by atoms with van der Waals surface area (Å²) in [5.41, 5.74) is 4.58. The molecule has 0 bridgehead atoms. The summed E-state index contributed by atoms with van der Waals surface area (Å²) in [5, 5.41) is 5.07. The molecule has 0 atom stereocenters. The highest BCUT2D eigenvalue weighted by Gasteiger charge is 2.07. The number of amides is 1. The molecular weight excluding hydrogens is 282 g/mol. The fourth-order valence-electron chi connectivity index (χ4n) is 2.18. The molecular formula is C16H15N3OS. The third-order valence-corrected chi connectivity index (χ3v) is 4.10. The number of nitrogens with one attached hydrogen (secondary N) is 2. The zero-order valence-corrected chi connectivity index (χ0v) is 12.4. The van der Waals surface area contributed by atoms with E-state index >= 15 is 0 Å². The minimum atomic E-state index is -0.121. The number of hydrogen-bond donors (Lipinski definition) is 2. The van der Waals surface area contributed by atoms with Crippen LogP contribution in [0.25, 0.3) is 10.9 Å². The quantitative estimate of drug-likeness (QED) is 0.564. The van der Waals surface area contributed by atoms with E-state index in [4.69, 9.17) is 0 Å². The average molecular weight is 297 g/mol. The number of carbonyl (C=O) groups excluding carboxylic acids is 1. The number of aromatic amines is 1. The van der Waals surface area contributed by atoms with Crippen molar-refractivity contribution in [3.8, 4) is 0 Å². The van der Waals surface area contributed by atoms with Gasteiger partial charge in [0.2, 0.25) is 5.91 Å². The molecule has 1 aromatic carbocycles. The Morgan fingerprint density at radius 3 is 3.00 bits per heavy atom. The van der Waals surface area contributed by atoms with Crippen molar-refractivity contribution in [1.82, 2.24) is 10.4 Å². The number of aryl methyl sites for hydroxylation is 1. The molecule has 4 nitrogen and oxygen atoms in total. The fourth-order valence-corrected chi connectivity index (χ4v) is 2.93. The second kappa shape index (κ2) is 5.93. The van der Waals surface area contributed by atoms with E-state index in [1.54, 1.807) is 17.6 Å². The number of aromatic nitrogens is 1. The van der Waals surface area contributed by atoms with Crippen molar-refractivity contribution in [1.29, 1.82) is 0 Å². The third-order valence-electron chi connectivity index (χ3n) is 3.17. The lowest BCUT2D eigenvalue weighted by atomic mass is 10.1. The first kappa shape index (κ1) is 13.6. The van der Waals surface area contributed by atoms with Crippen LogP contribution in [0.15, 0.2) is 47.7 Å². The summed E-state index contributed by atoms with van der Waals surface area (Å²) in [7, 11) is 0. The number of benzene rings is 1. The van der Waals surface area contributed by atoms with Crippen molar-refractivity contribution in [2.75, 3.05) is 0 Å². The zero-order valence-electron chi connectivity index (χ0n) is 11.6. The molecule has 21 heavy (non-hydrogen) atoms. The van der Waals surface area contributed by atoms with Crippen molar-refractivity contribution in [3.63, 3.8) is 0 Å². The van der Waals surface area contributed by atoms with Gasteiger partial charge in [0, 0.05) is 26.9 Å². The predicted octanol–water partition coefficient (Wildman–Crippen LogP) is 3.23. The minimum Gasteiger partial charge on any atom is -0.361 e. The molecule has 5 heteroatoms. The number of H-pyrrole nitrogens is 1. The normalized spacial score (nSPS) is 11.3. The standard InChI is InChI=1S/C16H15N3OS/c1-11-6-7-13(21-11)10-18-19-16(20)8-12-9-17-15-5-3-2-4-14(12)15/h2-7,9-10,17H,8H2,1H3,(H,19,20)/b18-10+. The summed E-state index contributed by atoms with van der Waals surface area (Å²) in [6, 6.07) is 11.9. The van der Waals surface area contributed by atoms with E-state index in [9.17, 15) is 4.79 Å². The third kappa shape index (κ3) is 3.20. The largest absolute Gasteiger partial charge is 0.361 e. The van der Waals surface area contributed by atoms with Crippen LogP contribution in [-0.2, 0) is 11.2 Å². The van der Waals surface area contributed by atoms with Crippen LogP contribution in [0.4, 0.5) is 0 Å². The van der Waals surface area contributed by atoms with Gasteiger partial charge in [0.25, 0.3) is 0 Å². The van der Waals surface area contributed by atoms with Crippen LogP contribution in [0, 0.1) is 6.92 Å². The van der Waals surface area contributed by atoms with Gasteiger partial charge in [-0.15, -0.1) is 11.3 Å². The number of rotatable bonds is 4. The van der Waals surface area contributed by atoms with Crippen molar-refractivity contribution in [3.05, 3.63) is 57.9 Å². The Labute approximate surface area is 126 Å². The fraction of sp³-hybridized carbons (Fsp3) is 0.125. The summed E-state index contributed by atoms with van der Waals surface area (Å²) in [6.07, 6.45) is 3.85. The van der Waals surface area contributed by atoms with Gasteiger partial charge in [-0.05, 0) is 30.7 Å². The molecule has 0 aliphatic rings. The molecule has 0 radical (unpaired) electrons. The number of nitrogens with zero attached hydrogens (tertiary/aromatic N) is 1. The Balaban J connectivity index is 1.63. The van der Waals surface area contributed by atoms with Crippen LogP contribution in [0.3, 0.4) is 0 Å². The van der Waals surface area contributed by atoms with Crippen LogP contribution in [0.1, 0.15) is 15.3 Å². The van der Waals surface area contributed by atoms with Gasteiger partial charge in [-0.25, -0.2) is 5.43 Å². The molecule has 3 aromatic rings. The van der Waals surface area contributed by atoms with Crippen molar-refractivity contribution in [2.45, 2.75) is 13.3 Å². The van der Waals surface area contributed by atoms with E-state index in [1.807, 2.05) is 49.5 Å². The lowest BCUT2D eigenvalue weighted by molar-refractivity contribution is -0.120. The predicted molar refractivity (Wildman–Crippen MR) is 86.8 cm³/mol. The molecule has 0 saturated carbocycles. The molecule has 3 rings (SSSR count). The van der Waals surface area contributed by atoms with E-state index in [1.165, 1.54) is 4.88 Å². The van der Waals surface area contributed by atoms with Crippen LogP contribution < -0.4 is 5.43 Å². The molecule has 0 saturated heterocycles. The lowest BCUT2D eigenvalue weighted by Gasteiger charge is -1.98. The molecule has 2 aromatic heterocycles. The molecule has 106 valence electrons. The maximum Gasteiger partial charge on any atom is 0.244 e. The van der Waals surface area contributed by atoms with Crippen molar-refractivity contribution in [2.24, 2.45) is 5.10 Å². The number of hydrazone groups is 1. The Kier molecular flexibility index (Phi) is 3.83. The SMILES string of the molecule is Cc1ccc(/C=N/NC(=O)Cc2c[nH]c3ccccc23)s1. The average Bonchev–Trinajstić information content (AvgIpc) is 3.06. The number of carbonyl (C=O) groups is 1. The van der Waals surface area contributed by atoms with Crippen LogP contribution in [0.2, 0.25) is 0 Å². The maximum atomic E-state index is 11.9. The van der Waals surface area contributed by atoms with Gasteiger partial charge in [0.1, 0.15) is 0 Å². The first-order valence-corrected chi connectivity index (χ1v) is 7.47. The summed E-state index contributed by atoms with van der Waals surface area (Å²) in [6.45, 7) is 2.04. The second-order valence-corrected chi connectivity index (χ2v) is 6.10. The van der Waals surface area contributed by atoms with Crippen LogP contribution in [-0.4, -0.2) is 17.1 Å². The molecule has 0 aliphatic heterocycles. The topological polar surface area (TPSA) is 57.2 Å². The molecule has 0 unspecified atom stereocenters. The summed E-state index contributed by atoms with van der Waals surface area (Å²) in [5.74, 6) is -0.121. The Morgan fingerprint density at radius 2 is 2.19 bits per heavy atom. The van der Waals surface area contributed by atoms with Crippen LogP contribution in [0.5, 0.6) is 0 Å². The van der Waals surface area contributed by atoms with Crippen molar-refractivity contribution < 1.29 is 4.79 Å². The van der Waals surface area contributed by atoms with Gasteiger partial charge in [-0.1, -0.05) is 18.2 Å². The Morgan fingerprint density at radius 1 is 1.33 bits per heavy atom. The van der Waals surface area contributed by atoms with Crippen LogP contribution >= 0.6 is 11.3 Å². The first-order chi connectivity index (χ1) is 10.2. The highest BCUT2D eigenvalue weighted by molar-refractivity contribution is 7.13. The number of thiophene rings is 1. The van der Waals surface area contributed by atoms with E-state index in [-0.39, 0.29) is 5.91 Å². The highest BCUT2D eigenvalue weighted by atomic mass is 32.1. The molecule has 0 fully saturated rings. The van der Waals surface area contributed by atoms with E-state index in [0.717, 1.165) is 21.3 Å². The van der Waals surface area contributed by atoms with Gasteiger partial charge >= 0.3 is 0 Å². The lowest BCUT2D eigenvalue weighted by Crippen LogP contribution is -2.19. The number of hydrogen-bond acceptors (Lipinski definition) is 3. The maximum absolute atomic E-state index is 11.9. The summed E-state index contributed by atoms with van der Waals surface area (Å²) >= 11 is 1.64. The van der Waals surface area contributed by atoms with Gasteiger partial charge in [-0.2, -0.15) is 5.10 Å². The second-order valence-electron chi connectivity index (χ2n) is 4.78. The molecule has 0 aliphatic carbocycles. The first-order valence-electron chi connectivity index (χ1n) is 6.66. The van der Waals surface area contributed by atoms with Gasteiger partial charge in [0.15, 0.2) is 0 Å². The molecule has 2 heterocycles. The Bertz CT molecular complexity index is 801. The van der Waals surface area contributed by atoms with E-state index < -0.39 is 0 Å². The smallest absolute Gasteiger partial charge is 0.244 e. The van der Waals surface area contributed by atoms with E-state index in [2.05, 4.69) is 15.5 Å². The van der Waals surface area contributed by atoms with Gasteiger partial charge in [0.05, 0.1) is 12.6 Å². The minimum absolute atomic E-state index is 0.121. The van der Waals surface area contributed by atoms with Gasteiger partial charge in [-0.3, -0.25) is 4.79 Å². The monoisotopic (exact) mass is 297 g/mol. The number of fused-ring (bicyclic) bond motifs is 1.